The second-order valence-corrected chi connectivity index (χ2v) is 4.67. The molecule has 0 radical (unpaired) electrons. The van der Waals surface area contributed by atoms with Crippen molar-refractivity contribution >= 4 is 17.5 Å². The van der Waals surface area contributed by atoms with Gasteiger partial charge in [-0.2, -0.15) is 0 Å². The van der Waals surface area contributed by atoms with Gasteiger partial charge < -0.3 is 4.90 Å². The van der Waals surface area contributed by atoms with Gasteiger partial charge in [-0.3, -0.25) is 4.98 Å². The van der Waals surface area contributed by atoms with Crippen molar-refractivity contribution < 1.29 is 0 Å². The number of hydrogen-bond donors (Lipinski definition) is 0. The lowest BCUT2D eigenvalue weighted by molar-refractivity contribution is 0.814. The van der Waals surface area contributed by atoms with Gasteiger partial charge in [-0.05, 0) is 19.1 Å². The molecule has 2 rings (SSSR count). The van der Waals surface area contributed by atoms with E-state index in [9.17, 15) is 0 Å². The molecule has 5 heteroatoms. The van der Waals surface area contributed by atoms with Crippen LogP contribution >= 0.6 is 11.6 Å². The molecule has 0 saturated heterocycles. The number of alkyl halides is 1. The highest BCUT2D eigenvalue weighted by Crippen LogP contribution is 2.12. The van der Waals surface area contributed by atoms with Gasteiger partial charge in [0.2, 0.25) is 5.95 Å². The highest BCUT2D eigenvalue weighted by molar-refractivity contribution is 6.17. The van der Waals surface area contributed by atoms with Crippen molar-refractivity contribution in [3.05, 3.63) is 47.5 Å². The maximum Gasteiger partial charge on any atom is 0.225 e. The number of hydrogen-bond acceptors (Lipinski definition) is 4. The first kappa shape index (κ1) is 13.7. The van der Waals surface area contributed by atoms with Gasteiger partial charge in [-0.25, -0.2) is 9.97 Å². The van der Waals surface area contributed by atoms with Crippen LogP contribution in [0.5, 0.6) is 0 Å². The second-order valence-electron chi connectivity index (χ2n) is 4.41. The zero-order valence-corrected chi connectivity index (χ0v) is 11.9. The van der Waals surface area contributed by atoms with Crippen molar-refractivity contribution in [1.82, 2.24) is 15.0 Å². The quantitative estimate of drug-likeness (QED) is 0.787. The fraction of sp³-hybridized carbons (Fsp3) is 0.357. The number of pyridine rings is 1. The third-order valence-corrected chi connectivity index (χ3v) is 3.27. The summed E-state index contributed by atoms with van der Waals surface area (Å²) in [5.74, 6) is 1.17. The molecular formula is C14H17ClN4. The molecule has 0 aliphatic carbocycles. The number of halogens is 1. The molecule has 0 N–H and O–H groups in total. The van der Waals surface area contributed by atoms with Crippen LogP contribution in [0.4, 0.5) is 5.95 Å². The third-order valence-electron chi connectivity index (χ3n) is 2.98. The maximum absolute atomic E-state index is 5.80. The number of anilines is 1. The van der Waals surface area contributed by atoms with Crippen molar-refractivity contribution in [3.8, 4) is 0 Å². The minimum atomic E-state index is 0.448. The molecule has 2 aromatic heterocycles. The van der Waals surface area contributed by atoms with Crippen molar-refractivity contribution in [3.63, 3.8) is 0 Å². The SMILES string of the molecule is Cc1nc(N(C)CCc2ccccn2)ncc1CCl. The Morgan fingerprint density at radius 3 is 2.74 bits per heavy atom. The monoisotopic (exact) mass is 276 g/mol. The topological polar surface area (TPSA) is 41.9 Å². The van der Waals surface area contributed by atoms with Crippen LogP contribution in [0.15, 0.2) is 30.6 Å². The highest BCUT2D eigenvalue weighted by Gasteiger charge is 2.07. The Labute approximate surface area is 118 Å². The van der Waals surface area contributed by atoms with Gasteiger partial charge in [-0.1, -0.05) is 6.07 Å². The number of aryl methyl sites for hydroxylation is 1. The summed E-state index contributed by atoms with van der Waals surface area (Å²) in [6.45, 7) is 2.78. The van der Waals surface area contributed by atoms with E-state index in [1.807, 2.05) is 43.3 Å². The largest absolute Gasteiger partial charge is 0.343 e. The van der Waals surface area contributed by atoms with E-state index in [1.165, 1.54) is 0 Å². The lowest BCUT2D eigenvalue weighted by Crippen LogP contribution is -2.23. The lowest BCUT2D eigenvalue weighted by atomic mass is 10.2. The van der Waals surface area contributed by atoms with E-state index in [4.69, 9.17) is 11.6 Å². The van der Waals surface area contributed by atoms with E-state index < -0.39 is 0 Å². The summed E-state index contributed by atoms with van der Waals surface area (Å²) in [4.78, 5) is 15.1. The molecule has 0 saturated carbocycles. The van der Waals surface area contributed by atoms with Crippen molar-refractivity contribution in [1.29, 1.82) is 0 Å². The molecule has 0 atom stereocenters. The van der Waals surface area contributed by atoms with Crippen LogP contribution < -0.4 is 4.90 Å². The van der Waals surface area contributed by atoms with E-state index in [-0.39, 0.29) is 0 Å². The Morgan fingerprint density at radius 1 is 1.26 bits per heavy atom. The molecule has 0 fully saturated rings. The number of likely N-dealkylation sites (N-methyl/N-ethyl adjacent to an activating group) is 1. The summed E-state index contributed by atoms with van der Waals surface area (Å²) in [7, 11) is 1.98. The van der Waals surface area contributed by atoms with Crippen molar-refractivity contribution in [2.24, 2.45) is 0 Å². The minimum absolute atomic E-state index is 0.448. The van der Waals surface area contributed by atoms with Gasteiger partial charge in [0.1, 0.15) is 0 Å². The molecule has 0 bridgehead atoms. The normalized spacial score (nSPS) is 10.5. The minimum Gasteiger partial charge on any atom is -0.343 e. The Bertz CT molecular complexity index is 530. The average molecular weight is 277 g/mol. The van der Waals surface area contributed by atoms with Crippen LogP contribution in [0.25, 0.3) is 0 Å². The number of aromatic nitrogens is 3. The van der Waals surface area contributed by atoms with Crippen LogP contribution in [0, 0.1) is 6.92 Å². The summed E-state index contributed by atoms with van der Waals surface area (Å²) >= 11 is 5.80. The first-order valence-electron chi connectivity index (χ1n) is 6.20. The fourth-order valence-corrected chi connectivity index (χ4v) is 1.99. The van der Waals surface area contributed by atoms with E-state index >= 15 is 0 Å². The molecule has 0 aliphatic rings. The summed E-state index contributed by atoms with van der Waals surface area (Å²) in [6, 6.07) is 5.94. The molecule has 0 aromatic carbocycles. The molecule has 4 nitrogen and oxygen atoms in total. The molecule has 0 unspecified atom stereocenters. The first-order valence-corrected chi connectivity index (χ1v) is 6.73. The van der Waals surface area contributed by atoms with Gasteiger partial charge in [0.05, 0.1) is 5.88 Å². The molecule has 19 heavy (non-hydrogen) atoms. The number of nitrogens with zero attached hydrogens (tertiary/aromatic N) is 4. The van der Waals surface area contributed by atoms with Gasteiger partial charge in [0.15, 0.2) is 0 Å². The zero-order valence-electron chi connectivity index (χ0n) is 11.2. The molecule has 0 amide bonds. The summed E-state index contributed by atoms with van der Waals surface area (Å²) in [6.07, 6.45) is 4.48. The predicted molar refractivity (Wildman–Crippen MR) is 77.5 cm³/mol. The van der Waals surface area contributed by atoms with Gasteiger partial charge >= 0.3 is 0 Å². The fourth-order valence-electron chi connectivity index (χ4n) is 1.72. The standard InChI is InChI=1S/C14H17ClN4/c1-11-12(9-15)10-17-14(18-11)19(2)8-6-13-5-3-4-7-16-13/h3-5,7,10H,6,8-9H2,1-2H3. The van der Waals surface area contributed by atoms with Crippen LogP contribution in [0.2, 0.25) is 0 Å². The van der Waals surface area contributed by atoms with E-state index in [0.717, 1.165) is 35.9 Å². The van der Waals surface area contributed by atoms with Crippen LogP contribution in [-0.2, 0) is 12.3 Å². The second kappa shape index (κ2) is 6.48. The Hall–Kier alpha value is -1.68. The first-order chi connectivity index (χ1) is 9.20. The van der Waals surface area contributed by atoms with Crippen LogP contribution in [-0.4, -0.2) is 28.5 Å². The lowest BCUT2D eigenvalue weighted by Gasteiger charge is -2.17. The Kier molecular flexibility index (Phi) is 4.68. The molecule has 100 valence electrons. The Morgan fingerprint density at radius 2 is 2.11 bits per heavy atom. The van der Waals surface area contributed by atoms with E-state index in [1.54, 1.807) is 6.20 Å². The average Bonchev–Trinajstić information content (AvgIpc) is 2.45. The van der Waals surface area contributed by atoms with E-state index in [0.29, 0.717) is 5.88 Å². The zero-order chi connectivity index (χ0) is 13.7. The van der Waals surface area contributed by atoms with Crippen molar-refractivity contribution in [2.75, 3.05) is 18.5 Å². The van der Waals surface area contributed by atoms with Crippen LogP contribution in [0.3, 0.4) is 0 Å². The summed E-state index contributed by atoms with van der Waals surface area (Å²) in [5.41, 5.74) is 2.98. The Balaban J connectivity index is 2.00. The predicted octanol–water partition coefficient (Wildman–Crippen LogP) is 2.60. The highest BCUT2D eigenvalue weighted by atomic mass is 35.5. The molecular weight excluding hydrogens is 260 g/mol. The van der Waals surface area contributed by atoms with Gasteiger partial charge in [0.25, 0.3) is 0 Å². The van der Waals surface area contributed by atoms with E-state index in [2.05, 4.69) is 15.0 Å². The molecule has 0 aliphatic heterocycles. The third kappa shape index (κ3) is 3.64. The maximum atomic E-state index is 5.80. The smallest absolute Gasteiger partial charge is 0.225 e. The number of rotatable bonds is 5. The van der Waals surface area contributed by atoms with Crippen LogP contribution in [0.1, 0.15) is 17.0 Å². The summed E-state index contributed by atoms with van der Waals surface area (Å²) in [5, 5.41) is 0. The molecule has 2 aromatic rings. The molecule has 2 heterocycles. The molecule has 0 spiro atoms. The van der Waals surface area contributed by atoms with Crippen molar-refractivity contribution in [2.45, 2.75) is 19.2 Å². The van der Waals surface area contributed by atoms with Gasteiger partial charge in [-0.15, -0.1) is 11.6 Å². The van der Waals surface area contributed by atoms with Gasteiger partial charge in [0, 0.05) is 49.4 Å². The summed E-state index contributed by atoms with van der Waals surface area (Å²) < 4.78 is 0.